The SMILES string of the molecule is COCCCN(C)S(=O)(=O)c1cc(Cl)cc(N)c1F. The van der Waals surface area contributed by atoms with Crippen LogP contribution >= 0.6 is 11.6 Å². The molecule has 0 saturated heterocycles. The minimum atomic E-state index is -3.96. The van der Waals surface area contributed by atoms with Crippen molar-refractivity contribution in [3.05, 3.63) is 23.0 Å². The maximum Gasteiger partial charge on any atom is 0.245 e. The molecule has 0 aliphatic heterocycles. The number of methoxy groups -OCH3 is 1. The molecule has 19 heavy (non-hydrogen) atoms. The third-order valence-electron chi connectivity index (χ3n) is 2.54. The third kappa shape index (κ3) is 3.79. The van der Waals surface area contributed by atoms with Crippen LogP contribution in [-0.2, 0) is 14.8 Å². The van der Waals surface area contributed by atoms with Crippen molar-refractivity contribution in [2.75, 3.05) is 33.0 Å². The van der Waals surface area contributed by atoms with Gasteiger partial charge in [0.05, 0.1) is 5.69 Å². The molecular weight excluding hydrogens is 295 g/mol. The molecule has 0 bridgehead atoms. The van der Waals surface area contributed by atoms with Crippen molar-refractivity contribution in [1.29, 1.82) is 0 Å². The second kappa shape index (κ2) is 6.51. The van der Waals surface area contributed by atoms with Crippen LogP contribution < -0.4 is 5.73 Å². The molecule has 2 N–H and O–H groups in total. The smallest absolute Gasteiger partial charge is 0.245 e. The van der Waals surface area contributed by atoms with Gasteiger partial charge < -0.3 is 10.5 Å². The largest absolute Gasteiger partial charge is 0.396 e. The summed E-state index contributed by atoms with van der Waals surface area (Å²) in [6.07, 6.45) is 0.504. The van der Waals surface area contributed by atoms with Crippen LogP contribution in [0.1, 0.15) is 6.42 Å². The van der Waals surface area contributed by atoms with Crippen molar-refractivity contribution in [1.82, 2.24) is 4.31 Å². The molecule has 1 aromatic rings. The second-order valence-electron chi connectivity index (χ2n) is 3.98. The van der Waals surface area contributed by atoms with Crippen LogP contribution in [0.2, 0.25) is 5.02 Å². The standard InChI is InChI=1S/C11H16ClFN2O3S/c1-15(4-3-5-18-2)19(16,17)10-7-8(12)6-9(14)11(10)13/h6-7H,3-5,14H2,1-2H3. The highest BCUT2D eigenvalue weighted by Crippen LogP contribution is 2.27. The molecule has 0 aromatic heterocycles. The molecule has 0 aliphatic carbocycles. The van der Waals surface area contributed by atoms with Gasteiger partial charge in [-0.2, -0.15) is 0 Å². The van der Waals surface area contributed by atoms with Crippen LogP contribution in [0.4, 0.5) is 10.1 Å². The summed E-state index contributed by atoms with van der Waals surface area (Å²) in [6.45, 7) is 0.627. The van der Waals surface area contributed by atoms with Crippen molar-refractivity contribution < 1.29 is 17.5 Å². The Bertz CT molecular complexity index is 551. The van der Waals surface area contributed by atoms with E-state index in [0.29, 0.717) is 13.0 Å². The molecule has 5 nitrogen and oxygen atoms in total. The molecule has 0 saturated carbocycles. The Morgan fingerprint density at radius 2 is 2.11 bits per heavy atom. The zero-order valence-electron chi connectivity index (χ0n) is 10.7. The number of nitrogens with zero attached hydrogens (tertiary/aromatic N) is 1. The summed E-state index contributed by atoms with van der Waals surface area (Å²) in [5.41, 5.74) is 5.08. The molecule has 0 amide bonds. The number of rotatable bonds is 6. The summed E-state index contributed by atoms with van der Waals surface area (Å²) >= 11 is 5.71. The van der Waals surface area contributed by atoms with Crippen molar-refractivity contribution in [3.63, 3.8) is 0 Å². The van der Waals surface area contributed by atoms with E-state index in [1.54, 1.807) is 0 Å². The van der Waals surface area contributed by atoms with Gasteiger partial charge in [0.25, 0.3) is 0 Å². The number of nitrogen functional groups attached to an aromatic ring is 1. The zero-order chi connectivity index (χ0) is 14.6. The average Bonchev–Trinajstić information content (AvgIpc) is 2.33. The highest BCUT2D eigenvalue weighted by molar-refractivity contribution is 7.89. The first-order valence-corrected chi connectivity index (χ1v) is 7.32. The second-order valence-corrected chi connectivity index (χ2v) is 6.43. The Kier molecular flexibility index (Phi) is 5.54. The number of hydrogen-bond donors (Lipinski definition) is 1. The fourth-order valence-corrected chi connectivity index (χ4v) is 3.11. The van der Waals surface area contributed by atoms with Gasteiger partial charge in [-0.05, 0) is 18.6 Å². The molecular formula is C11H16ClFN2O3S. The van der Waals surface area contributed by atoms with E-state index in [1.807, 2.05) is 0 Å². The van der Waals surface area contributed by atoms with E-state index in [4.69, 9.17) is 22.1 Å². The average molecular weight is 311 g/mol. The molecule has 0 fully saturated rings. The normalized spacial score (nSPS) is 12.1. The van der Waals surface area contributed by atoms with Crippen molar-refractivity contribution in [2.45, 2.75) is 11.3 Å². The summed E-state index contributed by atoms with van der Waals surface area (Å²) in [7, 11) is -1.07. The molecule has 108 valence electrons. The Morgan fingerprint density at radius 3 is 2.68 bits per heavy atom. The fraction of sp³-hybridized carbons (Fsp3) is 0.455. The number of halogens is 2. The highest BCUT2D eigenvalue weighted by Gasteiger charge is 2.26. The monoisotopic (exact) mass is 310 g/mol. The Morgan fingerprint density at radius 1 is 1.47 bits per heavy atom. The quantitative estimate of drug-likeness (QED) is 0.641. The van der Waals surface area contributed by atoms with Gasteiger partial charge in [-0.25, -0.2) is 17.1 Å². The molecule has 0 unspecified atom stereocenters. The minimum Gasteiger partial charge on any atom is -0.396 e. The van der Waals surface area contributed by atoms with E-state index >= 15 is 0 Å². The zero-order valence-corrected chi connectivity index (χ0v) is 12.3. The first-order chi connectivity index (χ1) is 8.80. The topological polar surface area (TPSA) is 72.6 Å². The van der Waals surface area contributed by atoms with E-state index in [9.17, 15) is 12.8 Å². The van der Waals surface area contributed by atoms with Crippen molar-refractivity contribution >= 4 is 27.3 Å². The summed E-state index contributed by atoms with van der Waals surface area (Å²) in [5.74, 6) is -0.983. The lowest BCUT2D eigenvalue weighted by molar-refractivity contribution is 0.189. The maximum atomic E-state index is 13.8. The minimum absolute atomic E-state index is 0.0720. The molecule has 1 rings (SSSR count). The Hall–Kier alpha value is -0.890. The highest BCUT2D eigenvalue weighted by atomic mass is 35.5. The summed E-state index contributed by atoms with van der Waals surface area (Å²) in [5, 5.41) is 0.0720. The summed E-state index contributed by atoms with van der Waals surface area (Å²) < 4.78 is 44.1. The molecule has 0 heterocycles. The van der Waals surface area contributed by atoms with E-state index in [-0.39, 0.29) is 17.3 Å². The first kappa shape index (κ1) is 16.2. The molecule has 8 heteroatoms. The molecule has 1 aromatic carbocycles. The first-order valence-electron chi connectivity index (χ1n) is 5.50. The lowest BCUT2D eigenvalue weighted by atomic mass is 10.3. The van der Waals surface area contributed by atoms with Crippen molar-refractivity contribution in [2.24, 2.45) is 0 Å². The van der Waals surface area contributed by atoms with Gasteiger partial charge in [0.1, 0.15) is 4.90 Å². The molecule has 0 atom stereocenters. The third-order valence-corrected chi connectivity index (χ3v) is 4.62. The van der Waals surface area contributed by atoms with Crippen LogP contribution in [0.3, 0.4) is 0 Å². The van der Waals surface area contributed by atoms with Crippen LogP contribution in [0.25, 0.3) is 0 Å². The van der Waals surface area contributed by atoms with E-state index in [2.05, 4.69) is 0 Å². The predicted molar refractivity (Wildman–Crippen MR) is 72.1 cm³/mol. The van der Waals surface area contributed by atoms with E-state index in [0.717, 1.165) is 10.4 Å². The Labute approximate surface area is 117 Å². The fourth-order valence-electron chi connectivity index (χ4n) is 1.49. The van der Waals surface area contributed by atoms with E-state index < -0.39 is 20.7 Å². The number of anilines is 1. The molecule has 0 aliphatic rings. The van der Waals surface area contributed by atoms with Crippen LogP contribution in [0, 0.1) is 5.82 Å². The van der Waals surface area contributed by atoms with Gasteiger partial charge in [-0.1, -0.05) is 11.6 Å². The maximum absolute atomic E-state index is 13.8. The lowest BCUT2D eigenvalue weighted by Gasteiger charge is -2.18. The van der Waals surface area contributed by atoms with Crippen LogP contribution in [0.5, 0.6) is 0 Å². The van der Waals surface area contributed by atoms with Gasteiger partial charge in [0, 0.05) is 32.3 Å². The summed E-state index contributed by atoms with van der Waals surface area (Å²) in [4.78, 5) is -0.516. The molecule has 0 spiro atoms. The number of sulfonamides is 1. The van der Waals surface area contributed by atoms with Crippen LogP contribution in [-0.4, -0.2) is 40.0 Å². The molecule has 0 radical (unpaired) electrons. The Balaban J connectivity index is 3.06. The summed E-state index contributed by atoms with van der Waals surface area (Å²) in [6, 6.07) is 2.22. The lowest BCUT2D eigenvalue weighted by Crippen LogP contribution is -2.29. The van der Waals surface area contributed by atoms with Gasteiger partial charge in [-0.15, -0.1) is 0 Å². The number of benzene rings is 1. The van der Waals surface area contributed by atoms with Gasteiger partial charge in [0.2, 0.25) is 10.0 Å². The van der Waals surface area contributed by atoms with E-state index in [1.165, 1.54) is 20.2 Å². The van der Waals surface area contributed by atoms with Gasteiger partial charge in [-0.3, -0.25) is 0 Å². The predicted octanol–water partition coefficient (Wildman–Crippen LogP) is 1.72. The van der Waals surface area contributed by atoms with Crippen LogP contribution in [0.15, 0.2) is 17.0 Å². The van der Waals surface area contributed by atoms with Gasteiger partial charge >= 0.3 is 0 Å². The number of nitrogens with two attached hydrogens (primary N) is 1. The number of ether oxygens (including phenoxy) is 1. The van der Waals surface area contributed by atoms with Gasteiger partial charge in [0.15, 0.2) is 5.82 Å². The number of hydrogen-bond acceptors (Lipinski definition) is 4. The van der Waals surface area contributed by atoms with Crippen molar-refractivity contribution in [3.8, 4) is 0 Å².